The number of Topliss-reactive ketones (excluding diaryl/α,β-unsaturated/α-hetero) is 1. The zero-order chi connectivity index (χ0) is 19.9. The van der Waals surface area contributed by atoms with Crippen molar-refractivity contribution in [2.45, 2.75) is 4.90 Å². The molecule has 0 spiro atoms. The van der Waals surface area contributed by atoms with Crippen LogP contribution in [0.25, 0.3) is 0 Å². The van der Waals surface area contributed by atoms with Crippen molar-refractivity contribution >= 4 is 29.1 Å². The molecule has 0 aliphatic carbocycles. The Bertz CT molecular complexity index is 972. The molecule has 6 heteroatoms. The van der Waals surface area contributed by atoms with Gasteiger partial charge in [0.2, 0.25) is 0 Å². The van der Waals surface area contributed by atoms with E-state index >= 15 is 0 Å². The SMILES string of the molecule is COc1ccccc1C(=O)CSc1ccc(NC(=O)c2ccc(F)cc2)cc1. The molecule has 0 aromatic heterocycles. The second-order valence-electron chi connectivity index (χ2n) is 5.90. The van der Waals surface area contributed by atoms with E-state index in [1.165, 1.54) is 43.1 Å². The number of ketones is 1. The van der Waals surface area contributed by atoms with Gasteiger partial charge in [0.25, 0.3) is 5.91 Å². The number of halogens is 1. The Labute approximate surface area is 166 Å². The molecule has 0 unspecified atom stereocenters. The summed E-state index contributed by atoms with van der Waals surface area (Å²) in [4.78, 5) is 25.5. The highest BCUT2D eigenvalue weighted by Crippen LogP contribution is 2.24. The van der Waals surface area contributed by atoms with Crippen LogP contribution in [0.5, 0.6) is 5.75 Å². The van der Waals surface area contributed by atoms with Gasteiger partial charge in [-0.3, -0.25) is 9.59 Å². The molecule has 0 aliphatic rings. The molecule has 0 saturated carbocycles. The van der Waals surface area contributed by atoms with Crippen LogP contribution in [0, 0.1) is 5.82 Å². The third-order valence-corrected chi connectivity index (χ3v) is 5.01. The number of hydrogen-bond acceptors (Lipinski definition) is 4. The third-order valence-electron chi connectivity index (χ3n) is 4.00. The molecule has 1 N–H and O–H groups in total. The average Bonchev–Trinajstić information content (AvgIpc) is 2.73. The topological polar surface area (TPSA) is 55.4 Å². The van der Waals surface area contributed by atoms with E-state index in [0.29, 0.717) is 22.6 Å². The van der Waals surface area contributed by atoms with Gasteiger partial charge in [-0.25, -0.2) is 4.39 Å². The lowest BCUT2D eigenvalue weighted by molar-refractivity contribution is 0.101. The monoisotopic (exact) mass is 395 g/mol. The second-order valence-corrected chi connectivity index (χ2v) is 6.95. The number of para-hydroxylation sites is 1. The highest BCUT2D eigenvalue weighted by Gasteiger charge is 2.12. The molecule has 4 nitrogen and oxygen atoms in total. The normalized spacial score (nSPS) is 10.4. The van der Waals surface area contributed by atoms with Crippen LogP contribution >= 0.6 is 11.8 Å². The lowest BCUT2D eigenvalue weighted by Crippen LogP contribution is -2.11. The smallest absolute Gasteiger partial charge is 0.255 e. The molecule has 142 valence electrons. The maximum atomic E-state index is 12.9. The van der Waals surface area contributed by atoms with Crippen LogP contribution in [-0.4, -0.2) is 24.6 Å². The highest BCUT2D eigenvalue weighted by molar-refractivity contribution is 8.00. The van der Waals surface area contributed by atoms with Gasteiger partial charge < -0.3 is 10.1 Å². The van der Waals surface area contributed by atoms with Crippen molar-refractivity contribution in [3.63, 3.8) is 0 Å². The highest BCUT2D eigenvalue weighted by atomic mass is 32.2. The molecule has 3 rings (SSSR count). The van der Waals surface area contributed by atoms with Gasteiger partial charge in [0, 0.05) is 16.1 Å². The molecular formula is C22H18FNO3S. The van der Waals surface area contributed by atoms with Crippen LogP contribution in [0.2, 0.25) is 0 Å². The molecule has 0 saturated heterocycles. The fourth-order valence-electron chi connectivity index (χ4n) is 2.54. The minimum absolute atomic E-state index is 0.0175. The van der Waals surface area contributed by atoms with Crippen LogP contribution in [-0.2, 0) is 0 Å². The van der Waals surface area contributed by atoms with Gasteiger partial charge >= 0.3 is 0 Å². The maximum Gasteiger partial charge on any atom is 0.255 e. The predicted octanol–water partition coefficient (Wildman–Crippen LogP) is 5.06. The zero-order valence-electron chi connectivity index (χ0n) is 15.1. The summed E-state index contributed by atoms with van der Waals surface area (Å²) in [7, 11) is 1.54. The summed E-state index contributed by atoms with van der Waals surface area (Å²) in [5, 5.41) is 2.76. The van der Waals surface area contributed by atoms with Crippen molar-refractivity contribution < 1.29 is 18.7 Å². The number of hydrogen-bond donors (Lipinski definition) is 1. The number of nitrogens with one attached hydrogen (secondary N) is 1. The van der Waals surface area contributed by atoms with Crippen molar-refractivity contribution in [1.29, 1.82) is 0 Å². The fourth-order valence-corrected chi connectivity index (χ4v) is 3.32. The maximum absolute atomic E-state index is 12.9. The van der Waals surface area contributed by atoms with Gasteiger partial charge in [-0.2, -0.15) is 0 Å². The van der Waals surface area contributed by atoms with E-state index in [9.17, 15) is 14.0 Å². The number of thioether (sulfide) groups is 1. The third kappa shape index (κ3) is 4.98. The fraction of sp³-hybridized carbons (Fsp3) is 0.0909. The van der Waals surface area contributed by atoms with Crippen LogP contribution in [0.4, 0.5) is 10.1 Å². The average molecular weight is 395 g/mol. The summed E-state index contributed by atoms with van der Waals surface area (Å²) in [6, 6.07) is 19.7. The number of benzene rings is 3. The van der Waals surface area contributed by atoms with E-state index in [-0.39, 0.29) is 23.3 Å². The lowest BCUT2D eigenvalue weighted by atomic mass is 10.1. The van der Waals surface area contributed by atoms with Crippen LogP contribution in [0.3, 0.4) is 0 Å². The van der Waals surface area contributed by atoms with Gasteiger partial charge in [0.15, 0.2) is 5.78 Å². The molecule has 3 aromatic carbocycles. The van der Waals surface area contributed by atoms with E-state index < -0.39 is 0 Å². The summed E-state index contributed by atoms with van der Waals surface area (Å²) < 4.78 is 18.2. The van der Waals surface area contributed by atoms with E-state index in [0.717, 1.165) is 4.90 Å². The largest absolute Gasteiger partial charge is 0.496 e. The minimum atomic E-state index is -0.388. The Balaban J connectivity index is 1.58. The van der Waals surface area contributed by atoms with E-state index in [2.05, 4.69) is 5.32 Å². The Hall–Kier alpha value is -3.12. The standard InChI is InChI=1S/C22H18FNO3S/c1-27-21-5-3-2-4-19(21)20(25)14-28-18-12-10-17(11-13-18)24-22(26)15-6-8-16(23)9-7-15/h2-13H,14H2,1H3,(H,24,26). The first-order chi connectivity index (χ1) is 13.6. The van der Waals surface area contributed by atoms with Gasteiger partial charge in [-0.15, -0.1) is 11.8 Å². The molecule has 3 aromatic rings. The van der Waals surface area contributed by atoms with Crippen molar-refractivity contribution in [1.82, 2.24) is 0 Å². The number of anilines is 1. The van der Waals surface area contributed by atoms with Gasteiger partial charge in [0.1, 0.15) is 11.6 Å². The Morgan fingerprint density at radius 2 is 1.64 bits per heavy atom. The van der Waals surface area contributed by atoms with Crippen LogP contribution in [0.1, 0.15) is 20.7 Å². The first-order valence-electron chi connectivity index (χ1n) is 8.53. The Kier molecular flexibility index (Phi) is 6.45. The van der Waals surface area contributed by atoms with Crippen molar-refractivity contribution in [2.24, 2.45) is 0 Å². The molecule has 0 aliphatic heterocycles. The number of rotatable bonds is 7. The minimum Gasteiger partial charge on any atom is -0.496 e. The molecule has 0 atom stereocenters. The molecule has 0 bridgehead atoms. The summed E-state index contributed by atoms with van der Waals surface area (Å²) in [6.07, 6.45) is 0. The van der Waals surface area contributed by atoms with E-state index in [1.807, 2.05) is 18.2 Å². The Morgan fingerprint density at radius 1 is 0.964 bits per heavy atom. The van der Waals surface area contributed by atoms with Crippen molar-refractivity contribution in [3.8, 4) is 5.75 Å². The number of methoxy groups -OCH3 is 1. The van der Waals surface area contributed by atoms with Crippen molar-refractivity contribution in [2.75, 3.05) is 18.2 Å². The molecule has 0 fully saturated rings. The molecule has 0 radical (unpaired) electrons. The first kappa shape index (κ1) is 19.6. The van der Waals surface area contributed by atoms with E-state index in [4.69, 9.17) is 4.74 Å². The van der Waals surface area contributed by atoms with Crippen molar-refractivity contribution in [3.05, 3.63) is 89.7 Å². The number of carbonyl (C=O) groups is 2. The molecule has 1 amide bonds. The quantitative estimate of drug-likeness (QED) is 0.449. The van der Waals surface area contributed by atoms with E-state index in [1.54, 1.807) is 30.3 Å². The lowest BCUT2D eigenvalue weighted by Gasteiger charge is -2.08. The number of carbonyl (C=O) groups excluding carboxylic acids is 2. The molecule has 28 heavy (non-hydrogen) atoms. The summed E-state index contributed by atoms with van der Waals surface area (Å²) >= 11 is 1.41. The Morgan fingerprint density at radius 3 is 2.32 bits per heavy atom. The van der Waals surface area contributed by atoms with Crippen LogP contribution < -0.4 is 10.1 Å². The predicted molar refractivity (Wildman–Crippen MR) is 109 cm³/mol. The number of amides is 1. The summed E-state index contributed by atoms with van der Waals surface area (Å²) in [5.41, 5.74) is 1.55. The summed E-state index contributed by atoms with van der Waals surface area (Å²) in [6.45, 7) is 0. The van der Waals surface area contributed by atoms with Gasteiger partial charge in [-0.05, 0) is 60.7 Å². The first-order valence-corrected chi connectivity index (χ1v) is 9.51. The summed E-state index contributed by atoms with van der Waals surface area (Å²) in [5.74, 6) is 0.122. The molecule has 0 heterocycles. The van der Waals surface area contributed by atoms with Gasteiger partial charge in [-0.1, -0.05) is 12.1 Å². The number of ether oxygens (including phenoxy) is 1. The van der Waals surface area contributed by atoms with Gasteiger partial charge in [0.05, 0.1) is 18.4 Å². The zero-order valence-corrected chi connectivity index (χ0v) is 16.0. The van der Waals surface area contributed by atoms with Crippen LogP contribution in [0.15, 0.2) is 77.7 Å². The second kappa shape index (κ2) is 9.19. The molecular weight excluding hydrogens is 377 g/mol.